The molecule has 0 aromatic carbocycles. The van der Waals surface area contributed by atoms with Crippen molar-refractivity contribution in [3.63, 3.8) is 0 Å². The molecule has 0 amide bonds. The predicted molar refractivity (Wildman–Crippen MR) is 143 cm³/mol. The maximum atomic E-state index is 14.7. The molecule has 0 saturated heterocycles. The minimum Gasteiger partial charge on any atom is -0.361 e. The normalized spacial score (nSPS) is 46.8. The van der Waals surface area contributed by atoms with Gasteiger partial charge >= 0.3 is 0 Å². The summed E-state index contributed by atoms with van der Waals surface area (Å²) in [6.45, 7) is 17.1. The fraction of sp³-hybridized carbons (Fsp3) is 0.839. The number of Topliss-reactive ketones (excluding diaryl/α,β-unsaturated/α-hetero) is 1. The molecule has 0 spiro atoms. The Bertz CT molecular complexity index is 1280. The zero-order valence-corrected chi connectivity index (χ0v) is 24.4. The van der Waals surface area contributed by atoms with Gasteiger partial charge in [-0.25, -0.2) is 0 Å². The molecule has 0 radical (unpaired) electrons. The lowest BCUT2D eigenvalue weighted by Crippen LogP contribution is -2.69. The van der Waals surface area contributed by atoms with Crippen LogP contribution in [0.2, 0.25) is 0 Å². The molecule has 7 rings (SSSR count). The van der Waals surface area contributed by atoms with Crippen molar-refractivity contribution < 1.29 is 9.32 Å². The Hall–Kier alpha value is -2.05. The first-order valence-corrected chi connectivity index (χ1v) is 15.0. The largest absolute Gasteiger partial charge is 0.361 e. The first kappa shape index (κ1) is 25.0. The Morgan fingerprint density at radius 2 is 1.71 bits per heavy atom. The molecule has 5 aliphatic carbocycles. The van der Waals surface area contributed by atoms with E-state index in [1.165, 1.54) is 18.4 Å². The maximum Gasteiger partial charge on any atom is 0.180 e. The number of aromatic amines is 1. The van der Waals surface area contributed by atoms with Crippen LogP contribution in [0.5, 0.6) is 0 Å². The Labute approximate surface area is 226 Å². The van der Waals surface area contributed by atoms with Gasteiger partial charge in [0.25, 0.3) is 0 Å². The van der Waals surface area contributed by atoms with E-state index in [0.717, 1.165) is 50.1 Å². The zero-order chi connectivity index (χ0) is 26.9. The van der Waals surface area contributed by atoms with Gasteiger partial charge in [0.1, 0.15) is 11.5 Å². The number of H-pyrrole nitrogens is 1. The summed E-state index contributed by atoms with van der Waals surface area (Å²) in [5.41, 5.74) is 1.37. The average Bonchev–Trinajstić information content (AvgIpc) is 3.53. The molecule has 0 bridgehead atoms. The van der Waals surface area contributed by atoms with E-state index in [9.17, 15) is 4.79 Å². The van der Waals surface area contributed by atoms with Crippen LogP contribution in [0.15, 0.2) is 10.7 Å². The molecule has 0 unspecified atom stereocenters. The monoisotopic (exact) mass is 519 g/mol. The Kier molecular flexibility index (Phi) is 4.84. The van der Waals surface area contributed by atoms with Crippen LogP contribution in [0.1, 0.15) is 117 Å². The van der Waals surface area contributed by atoms with Gasteiger partial charge in [0.05, 0.1) is 6.20 Å². The summed E-state index contributed by atoms with van der Waals surface area (Å²) >= 11 is 0. The first-order chi connectivity index (χ1) is 17.8. The summed E-state index contributed by atoms with van der Waals surface area (Å²) in [6, 6.07) is 0. The van der Waals surface area contributed by atoms with E-state index in [0.29, 0.717) is 24.0 Å². The number of aromatic nitrogens is 5. The number of fused-ring (bicyclic) bond motifs is 8. The molecule has 2 aromatic heterocycles. The van der Waals surface area contributed by atoms with Crippen LogP contribution in [0.3, 0.4) is 0 Å². The van der Waals surface area contributed by atoms with Gasteiger partial charge in [-0.1, -0.05) is 58.8 Å². The summed E-state index contributed by atoms with van der Waals surface area (Å²) in [5.74, 6) is 3.59. The highest BCUT2D eigenvalue weighted by Gasteiger charge is 2.72. The smallest absolute Gasteiger partial charge is 0.180 e. The van der Waals surface area contributed by atoms with E-state index >= 15 is 0 Å². The van der Waals surface area contributed by atoms with Crippen molar-refractivity contribution >= 4 is 5.78 Å². The van der Waals surface area contributed by atoms with E-state index < -0.39 is 0 Å². The van der Waals surface area contributed by atoms with Crippen LogP contribution in [-0.4, -0.2) is 31.6 Å². The number of carbonyl (C=O) groups excluding carboxylic acids is 1. The number of tetrazole rings is 1. The minimum atomic E-state index is -0.142. The molecule has 8 atom stereocenters. The van der Waals surface area contributed by atoms with E-state index in [1.807, 2.05) is 6.20 Å². The molecule has 206 valence electrons. The standard InChI is InChI=1S/C31H45N5O2/c1-26(2)10-12-31(25-33-35-36-34-25)13-11-30(7)23(19(31)16-26)20(37)14-22-28(5)15-18-17-32-38-24(18)27(3,4)21(28)8-9-29(22,30)6/h17,19,21-23H,8-16H2,1-7H3,(H,33,34,35,36)/t19-,21-,22+,23-,28-,29+,30+,31-/m0/s1. The van der Waals surface area contributed by atoms with Gasteiger partial charge in [-0.05, 0) is 90.8 Å². The van der Waals surface area contributed by atoms with Crippen LogP contribution in [0, 0.1) is 45.3 Å². The Morgan fingerprint density at radius 3 is 2.45 bits per heavy atom. The molecule has 2 aromatic rings. The van der Waals surface area contributed by atoms with Crippen molar-refractivity contribution in [2.75, 3.05) is 0 Å². The fourth-order valence-corrected chi connectivity index (χ4v) is 11.8. The number of carbonyl (C=O) groups is 1. The van der Waals surface area contributed by atoms with Crippen LogP contribution < -0.4 is 0 Å². The molecule has 4 fully saturated rings. The third kappa shape index (κ3) is 2.84. The minimum absolute atomic E-state index is 0.0363. The average molecular weight is 520 g/mol. The van der Waals surface area contributed by atoms with Gasteiger partial charge in [-0.15, -0.1) is 10.2 Å². The van der Waals surface area contributed by atoms with Crippen molar-refractivity contribution in [1.29, 1.82) is 0 Å². The SMILES string of the molecule is CC1(C)CC[C@]2(c3nn[nH]n3)CC[C@]3(C)[C@H](C(=O)C[C@@H]4[C@@]5(C)Cc6cnoc6C(C)(C)[C@@H]5CC[C@]43C)[C@@H]2C1. The summed E-state index contributed by atoms with van der Waals surface area (Å²) in [4.78, 5) is 14.7. The summed E-state index contributed by atoms with van der Waals surface area (Å²) in [6.07, 6.45) is 11.3. The highest BCUT2D eigenvalue weighted by molar-refractivity contribution is 5.84. The molecule has 4 saturated carbocycles. The van der Waals surface area contributed by atoms with Crippen molar-refractivity contribution in [2.24, 2.45) is 45.3 Å². The number of ketones is 1. The molecule has 38 heavy (non-hydrogen) atoms. The molecular weight excluding hydrogens is 474 g/mol. The fourth-order valence-electron chi connectivity index (χ4n) is 11.8. The lowest BCUT2D eigenvalue weighted by atomic mass is 9.31. The molecule has 7 nitrogen and oxygen atoms in total. The van der Waals surface area contributed by atoms with Crippen molar-refractivity contribution in [3.05, 3.63) is 23.3 Å². The lowest BCUT2D eigenvalue weighted by Gasteiger charge is -2.72. The van der Waals surface area contributed by atoms with Crippen molar-refractivity contribution in [2.45, 2.75) is 117 Å². The molecule has 5 aliphatic rings. The second-order valence-electron chi connectivity index (χ2n) is 16.1. The second kappa shape index (κ2) is 7.37. The maximum absolute atomic E-state index is 14.7. The van der Waals surface area contributed by atoms with Gasteiger partial charge < -0.3 is 4.52 Å². The van der Waals surface area contributed by atoms with Gasteiger partial charge in [-0.3, -0.25) is 4.79 Å². The van der Waals surface area contributed by atoms with E-state index in [4.69, 9.17) is 4.52 Å². The third-order valence-electron chi connectivity index (χ3n) is 13.7. The van der Waals surface area contributed by atoms with Gasteiger partial charge in [-0.2, -0.15) is 5.21 Å². The Morgan fingerprint density at radius 1 is 0.947 bits per heavy atom. The lowest BCUT2D eigenvalue weighted by molar-refractivity contribution is -0.220. The predicted octanol–water partition coefficient (Wildman–Crippen LogP) is 6.21. The molecule has 2 heterocycles. The number of hydrogen-bond donors (Lipinski definition) is 1. The summed E-state index contributed by atoms with van der Waals surface area (Å²) in [5, 5.41) is 20.1. The van der Waals surface area contributed by atoms with Crippen molar-refractivity contribution in [1.82, 2.24) is 25.8 Å². The quantitative estimate of drug-likeness (QED) is 0.481. The van der Waals surface area contributed by atoms with Crippen LogP contribution in [-0.2, 0) is 22.0 Å². The van der Waals surface area contributed by atoms with Gasteiger partial charge in [0.2, 0.25) is 0 Å². The summed E-state index contributed by atoms with van der Waals surface area (Å²) < 4.78 is 5.84. The van der Waals surface area contributed by atoms with E-state index in [2.05, 4.69) is 74.2 Å². The van der Waals surface area contributed by atoms with Gasteiger partial charge in [0.15, 0.2) is 5.82 Å². The third-order valence-corrected chi connectivity index (χ3v) is 13.7. The molecule has 7 heteroatoms. The number of nitrogens with one attached hydrogen (secondary N) is 1. The van der Waals surface area contributed by atoms with Crippen LogP contribution in [0.4, 0.5) is 0 Å². The van der Waals surface area contributed by atoms with Crippen LogP contribution in [0.25, 0.3) is 0 Å². The second-order valence-corrected chi connectivity index (χ2v) is 16.1. The molecular formula is C31H45N5O2. The van der Waals surface area contributed by atoms with Gasteiger partial charge in [0, 0.05) is 28.7 Å². The van der Waals surface area contributed by atoms with E-state index in [-0.39, 0.29) is 44.3 Å². The van der Waals surface area contributed by atoms with Crippen LogP contribution >= 0.6 is 0 Å². The summed E-state index contributed by atoms with van der Waals surface area (Å²) in [7, 11) is 0. The van der Waals surface area contributed by atoms with Crippen molar-refractivity contribution in [3.8, 4) is 0 Å². The highest BCUT2D eigenvalue weighted by atomic mass is 16.5. The van der Waals surface area contributed by atoms with E-state index in [1.54, 1.807) is 0 Å². The Balaban J connectivity index is 1.34. The number of nitrogens with zero attached hydrogens (tertiary/aromatic N) is 4. The zero-order valence-electron chi connectivity index (χ0n) is 24.4. The molecule has 1 N–H and O–H groups in total. The topological polar surface area (TPSA) is 97.6 Å². The number of rotatable bonds is 1. The first-order valence-electron chi connectivity index (χ1n) is 15.0. The number of hydrogen-bond acceptors (Lipinski definition) is 6. The molecule has 0 aliphatic heterocycles. The highest BCUT2D eigenvalue weighted by Crippen LogP contribution is 2.76.